The van der Waals surface area contributed by atoms with Crippen molar-refractivity contribution in [1.82, 2.24) is 0 Å². The summed E-state index contributed by atoms with van der Waals surface area (Å²) in [6, 6.07) is 75.6. The molecule has 0 heterocycles. The zero-order valence-electron chi connectivity index (χ0n) is 28.6. The van der Waals surface area contributed by atoms with Gasteiger partial charge < -0.3 is 0 Å². The molecule has 10 rings (SSSR count). The predicted octanol–water partition coefficient (Wildman–Crippen LogP) is 14.6. The van der Waals surface area contributed by atoms with Gasteiger partial charge in [0.15, 0.2) is 0 Å². The molecule has 0 N–H and O–H groups in total. The predicted molar refractivity (Wildman–Crippen MR) is 224 cm³/mol. The number of hydrogen-bond acceptors (Lipinski definition) is 0. The van der Waals surface area contributed by atoms with Gasteiger partial charge in [-0.2, -0.15) is 0 Å². The van der Waals surface area contributed by atoms with Gasteiger partial charge in [0.2, 0.25) is 0 Å². The molecule has 0 nitrogen and oxygen atoms in total. The first-order chi connectivity index (χ1) is 25.8. The van der Waals surface area contributed by atoms with Crippen molar-refractivity contribution in [2.24, 2.45) is 0 Å². The summed E-state index contributed by atoms with van der Waals surface area (Å²) in [7, 11) is 0. The van der Waals surface area contributed by atoms with E-state index in [1.165, 1.54) is 98.7 Å². The third kappa shape index (κ3) is 5.25. The van der Waals surface area contributed by atoms with Crippen LogP contribution in [0.25, 0.3) is 98.7 Å². The average Bonchev–Trinajstić information content (AvgIpc) is 3.22. The molecule has 0 radical (unpaired) electrons. The summed E-state index contributed by atoms with van der Waals surface area (Å²) in [6.07, 6.45) is 0. The molecule has 0 unspecified atom stereocenters. The molecule has 0 amide bonds. The fourth-order valence-electron chi connectivity index (χ4n) is 8.01. The minimum Gasteiger partial charge on any atom is -0.0622 e. The monoisotopic (exact) mass is 658 g/mol. The van der Waals surface area contributed by atoms with Crippen LogP contribution >= 0.6 is 0 Å². The van der Waals surface area contributed by atoms with Gasteiger partial charge >= 0.3 is 0 Å². The fraction of sp³-hybridized carbons (Fsp3) is 0. The summed E-state index contributed by atoms with van der Waals surface area (Å²) in [5.74, 6) is 0. The summed E-state index contributed by atoms with van der Waals surface area (Å²) in [5, 5.41) is 10.1. The second kappa shape index (κ2) is 12.5. The van der Waals surface area contributed by atoms with Gasteiger partial charge in [-0.05, 0) is 117 Å². The van der Waals surface area contributed by atoms with Gasteiger partial charge in [-0.25, -0.2) is 0 Å². The Bertz CT molecular complexity index is 2910. The van der Waals surface area contributed by atoms with Gasteiger partial charge in [0.1, 0.15) is 0 Å². The third-order valence-electron chi connectivity index (χ3n) is 10.6. The van der Waals surface area contributed by atoms with Gasteiger partial charge in [0.25, 0.3) is 0 Å². The largest absolute Gasteiger partial charge is 0.0622 e. The normalized spacial score (nSPS) is 11.5. The molecule has 0 atom stereocenters. The minimum absolute atomic E-state index is 1.22. The van der Waals surface area contributed by atoms with Crippen LogP contribution in [0, 0.1) is 0 Å². The maximum absolute atomic E-state index is 2.42. The smallest absolute Gasteiger partial charge is 0.00261 e. The molecule has 52 heavy (non-hydrogen) atoms. The molecule has 0 spiro atoms. The number of benzene rings is 10. The molecule has 0 heteroatoms. The van der Waals surface area contributed by atoms with E-state index in [0.29, 0.717) is 0 Å². The van der Waals surface area contributed by atoms with Crippen molar-refractivity contribution >= 4 is 43.1 Å². The lowest BCUT2D eigenvalue weighted by Crippen LogP contribution is -1.92. The molecule has 10 aromatic rings. The molecule has 0 bridgehead atoms. The van der Waals surface area contributed by atoms with Crippen LogP contribution in [0.3, 0.4) is 0 Å². The van der Waals surface area contributed by atoms with Gasteiger partial charge in [0.05, 0.1) is 0 Å². The quantitative estimate of drug-likeness (QED) is 0.161. The Kier molecular flexibility index (Phi) is 7.25. The summed E-state index contributed by atoms with van der Waals surface area (Å²) in [6.45, 7) is 0. The average molecular weight is 659 g/mol. The van der Waals surface area contributed by atoms with Crippen LogP contribution in [-0.4, -0.2) is 0 Å². The first kappa shape index (κ1) is 30.1. The first-order valence-corrected chi connectivity index (χ1v) is 18.0. The second-order valence-electron chi connectivity index (χ2n) is 13.7. The van der Waals surface area contributed by atoms with Crippen LogP contribution < -0.4 is 0 Å². The second-order valence-corrected chi connectivity index (χ2v) is 13.7. The SMILES string of the molecule is c1ccc(-c2ccc(-c3c4ccccc4c(-c4ccc(-c5ccc6ccccc6c5)cc4)c4cc(-c5ccc6ccccc6c5)ccc34)cc2)cc1. The molecule has 0 fully saturated rings. The Morgan fingerprint density at radius 2 is 0.519 bits per heavy atom. The van der Waals surface area contributed by atoms with E-state index in [1.54, 1.807) is 0 Å². The maximum Gasteiger partial charge on any atom is -0.00261 e. The Labute approximate surface area is 303 Å². The molecule has 242 valence electrons. The van der Waals surface area contributed by atoms with Gasteiger partial charge in [-0.1, -0.05) is 188 Å². The number of hydrogen-bond donors (Lipinski definition) is 0. The van der Waals surface area contributed by atoms with E-state index in [-0.39, 0.29) is 0 Å². The highest BCUT2D eigenvalue weighted by molar-refractivity contribution is 6.22. The van der Waals surface area contributed by atoms with E-state index in [9.17, 15) is 0 Å². The Morgan fingerprint density at radius 3 is 1.10 bits per heavy atom. The van der Waals surface area contributed by atoms with Crippen molar-refractivity contribution in [3.8, 4) is 55.6 Å². The summed E-state index contributed by atoms with van der Waals surface area (Å²) < 4.78 is 0. The highest BCUT2D eigenvalue weighted by Gasteiger charge is 2.18. The molecular formula is C52H34. The van der Waals surface area contributed by atoms with Crippen LogP contribution in [0.2, 0.25) is 0 Å². The van der Waals surface area contributed by atoms with E-state index < -0.39 is 0 Å². The molecule has 10 aromatic carbocycles. The molecular weight excluding hydrogens is 625 g/mol. The Balaban J connectivity index is 1.19. The number of rotatable bonds is 5. The van der Waals surface area contributed by atoms with Gasteiger partial charge in [0, 0.05) is 0 Å². The van der Waals surface area contributed by atoms with E-state index in [0.717, 1.165) is 0 Å². The lowest BCUT2D eigenvalue weighted by molar-refractivity contribution is 1.60. The molecule has 0 aliphatic rings. The van der Waals surface area contributed by atoms with Crippen molar-refractivity contribution in [2.75, 3.05) is 0 Å². The third-order valence-corrected chi connectivity index (χ3v) is 10.6. The summed E-state index contributed by atoms with van der Waals surface area (Å²) in [4.78, 5) is 0. The van der Waals surface area contributed by atoms with Crippen molar-refractivity contribution in [1.29, 1.82) is 0 Å². The lowest BCUT2D eigenvalue weighted by Gasteiger charge is -2.19. The van der Waals surface area contributed by atoms with Crippen molar-refractivity contribution in [3.05, 3.63) is 206 Å². The van der Waals surface area contributed by atoms with Gasteiger partial charge in [-0.3, -0.25) is 0 Å². The molecule has 0 saturated carbocycles. The van der Waals surface area contributed by atoms with Crippen molar-refractivity contribution in [2.45, 2.75) is 0 Å². The van der Waals surface area contributed by atoms with Gasteiger partial charge in [-0.15, -0.1) is 0 Å². The maximum atomic E-state index is 2.42. The van der Waals surface area contributed by atoms with Crippen molar-refractivity contribution in [3.63, 3.8) is 0 Å². The van der Waals surface area contributed by atoms with Crippen LogP contribution in [0.1, 0.15) is 0 Å². The minimum atomic E-state index is 1.22. The van der Waals surface area contributed by atoms with Crippen LogP contribution in [0.4, 0.5) is 0 Å². The van der Waals surface area contributed by atoms with E-state index in [4.69, 9.17) is 0 Å². The van der Waals surface area contributed by atoms with E-state index >= 15 is 0 Å². The molecule has 0 aromatic heterocycles. The van der Waals surface area contributed by atoms with Crippen LogP contribution in [-0.2, 0) is 0 Å². The molecule has 0 saturated heterocycles. The topological polar surface area (TPSA) is 0 Å². The lowest BCUT2D eigenvalue weighted by atomic mass is 9.84. The highest BCUT2D eigenvalue weighted by Crippen LogP contribution is 2.45. The van der Waals surface area contributed by atoms with E-state index in [1.807, 2.05) is 0 Å². The van der Waals surface area contributed by atoms with Crippen molar-refractivity contribution < 1.29 is 0 Å². The highest BCUT2D eigenvalue weighted by atomic mass is 14.2. The van der Waals surface area contributed by atoms with Crippen LogP contribution in [0.5, 0.6) is 0 Å². The Morgan fingerprint density at radius 1 is 0.173 bits per heavy atom. The standard InChI is InChI=1S/C52H34/c1-2-10-35(11-3-1)38-18-24-40(25-19-38)51-47-16-8-9-17-48(47)52(41-26-20-39(21-27-41)44-28-22-36-12-4-6-14-42(36)32-44)50-34-46(30-31-49(50)51)45-29-23-37-13-5-7-15-43(37)33-45/h1-34H. The van der Waals surface area contributed by atoms with E-state index in [2.05, 4.69) is 206 Å². The van der Waals surface area contributed by atoms with Crippen LogP contribution in [0.15, 0.2) is 206 Å². The Hall–Kier alpha value is -6.76. The molecule has 0 aliphatic carbocycles. The summed E-state index contributed by atoms with van der Waals surface area (Å²) >= 11 is 0. The molecule has 0 aliphatic heterocycles. The summed E-state index contributed by atoms with van der Waals surface area (Å²) in [5.41, 5.74) is 12.3. The zero-order chi connectivity index (χ0) is 34.4. The zero-order valence-corrected chi connectivity index (χ0v) is 28.6. The fourth-order valence-corrected chi connectivity index (χ4v) is 8.01. The number of fused-ring (bicyclic) bond motifs is 4. The first-order valence-electron chi connectivity index (χ1n) is 18.0.